The number of ether oxygens (including phenoxy) is 2. The second kappa shape index (κ2) is 12.2. The number of nitrogen functional groups attached to an aromatic ring is 1. The second-order valence-corrected chi connectivity index (χ2v) is 11.0. The van der Waals surface area contributed by atoms with Crippen LogP contribution in [-0.2, 0) is 19.1 Å². The quantitative estimate of drug-likeness (QED) is 0.163. The summed E-state index contributed by atoms with van der Waals surface area (Å²) in [6.07, 6.45) is 0.0535. The lowest BCUT2D eigenvalue weighted by molar-refractivity contribution is -0.121. The van der Waals surface area contributed by atoms with E-state index in [1.807, 2.05) is 30.3 Å². The summed E-state index contributed by atoms with van der Waals surface area (Å²) >= 11 is 2.53. The van der Waals surface area contributed by atoms with Crippen LogP contribution in [0.4, 0.5) is 16.5 Å². The molecule has 208 valence electrons. The molecule has 0 aliphatic carbocycles. The molecule has 1 aliphatic rings. The molecule has 1 atom stereocenters. The zero-order valence-corrected chi connectivity index (χ0v) is 23.4. The van der Waals surface area contributed by atoms with E-state index in [2.05, 4.69) is 10.3 Å². The second-order valence-electron chi connectivity index (χ2n) is 8.89. The van der Waals surface area contributed by atoms with Crippen molar-refractivity contribution in [1.82, 2.24) is 4.98 Å². The number of anilines is 3. The van der Waals surface area contributed by atoms with E-state index in [-0.39, 0.29) is 23.8 Å². The Morgan fingerprint density at radius 2 is 1.85 bits per heavy atom. The number of imide groups is 1. The van der Waals surface area contributed by atoms with E-state index in [0.29, 0.717) is 22.2 Å². The molecule has 1 aromatic heterocycles. The molecule has 0 spiro atoms. The van der Waals surface area contributed by atoms with Crippen molar-refractivity contribution in [2.45, 2.75) is 16.6 Å². The molecule has 2 heterocycles. The minimum Gasteiger partial charge on any atom is -0.497 e. The van der Waals surface area contributed by atoms with E-state index in [1.54, 1.807) is 30.7 Å². The monoisotopic (exact) mass is 588 g/mol. The van der Waals surface area contributed by atoms with Gasteiger partial charge in [-0.1, -0.05) is 6.07 Å². The summed E-state index contributed by atoms with van der Waals surface area (Å²) in [5, 5.41) is 4.22. The number of thioether (sulfide) groups is 1. The molecule has 3 amide bonds. The van der Waals surface area contributed by atoms with Gasteiger partial charge in [0, 0.05) is 27.9 Å². The summed E-state index contributed by atoms with van der Waals surface area (Å²) in [4.78, 5) is 56.7. The van der Waals surface area contributed by atoms with Gasteiger partial charge in [0.05, 0.1) is 29.3 Å². The van der Waals surface area contributed by atoms with Crippen molar-refractivity contribution in [1.29, 1.82) is 0 Å². The van der Waals surface area contributed by atoms with E-state index in [1.165, 1.54) is 47.4 Å². The van der Waals surface area contributed by atoms with Crippen molar-refractivity contribution in [2.75, 3.05) is 29.7 Å². The van der Waals surface area contributed by atoms with Gasteiger partial charge >= 0.3 is 5.97 Å². The first-order valence-electron chi connectivity index (χ1n) is 12.4. The standard InChI is InChI=1S/C29H24N4O6S2/c1-38-21-11-7-17(8-12-21)23-16-40-29(31-23)32-25(34)15-39-28(37)18-5-9-20(10-6-18)33-26(35)14-24(27(33)36)41-22-4-2-3-19(30)13-22/h2-13,16,24H,14-15,30H2,1H3,(H,31,32,34). The number of nitrogens with one attached hydrogen (secondary N) is 1. The highest BCUT2D eigenvalue weighted by molar-refractivity contribution is 8.00. The van der Waals surface area contributed by atoms with Crippen LogP contribution in [0.25, 0.3) is 11.3 Å². The molecule has 0 radical (unpaired) electrons. The third-order valence-corrected chi connectivity index (χ3v) is 8.01. The number of benzene rings is 3. The topological polar surface area (TPSA) is 141 Å². The fraction of sp³-hybridized carbons (Fsp3) is 0.138. The molecule has 1 saturated heterocycles. The molecular weight excluding hydrogens is 564 g/mol. The Bertz CT molecular complexity index is 1600. The minimum atomic E-state index is -0.723. The van der Waals surface area contributed by atoms with E-state index in [0.717, 1.165) is 21.1 Å². The predicted octanol–water partition coefficient (Wildman–Crippen LogP) is 4.62. The number of hydrogen-bond acceptors (Lipinski definition) is 10. The molecule has 41 heavy (non-hydrogen) atoms. The fourth-order valence-electron chi connectivity index (χ4n) is 4.06. The van der Waals surface area contributed by atoms with Gasteiger partial charge in [-0.05, 0) is 66.7 Å². The number of carbonyl (C=O) groups is 4. The van der Waals surface area contributed by atoms with Crippen molar-refractivity contribution in [3.05, 3.63) is 83.7 Å². The van der Waals surface area contributed by atoms with Crippen LogP contribution in [0.15, 0.2) is 83.1 Å². The molecule has 0 bridgehead atoms. The average Bonchev–Trinajstić information content (AvgIpc) is 3.55. The fourth-order valence-corrected chi connectivity index (χ4v) is 5.92. The van der Waals surface area contributed by atoms with Crippen LogP contribution in [0.3, 0.4) is 0 Å². The average molecular weight is 589 g/mol. The van der Waals surface area contributed by atoms with Gasteiger partial charge in [-0.3, -0.25) is 19.7 Å². The maximum absolute atomic E-state index is 13.0. The summed E-state index contributed by atoms with van der Waals surface area (Å²) in [5.41, 5.74) is 8.46. The number of carbonyl (C=O) groups excluding carboxylic acids is 4. The van der Waals surface area contributed by atoms with Gasteiger partial charge in [-0.15, -0.1) is 23.1 Å². The van der Waals surface area contributed by atoms with Gasteiger partial charge in [0.1, 0.15) is 5.75 Å². The summed E-state index contributed by atoms with van der Waals surface area (Å²) in [6.45, 7) is -0.510. The molecule has 0 saturated carbocycles. The third-order valence-electron chi connectivity index (χ3n) is 6.07. The number of nitrogens with zero attached hydrogens (tertiary/aromatic N) is 2. The number of aromatic nitrogens is 1. The van der Waals surface area contributed by atoms with Crippen molar-refractivity contribution in [3.8, 4) is 17.0 Å². The molecule has 4 aromatic rings. The molecule has 3 N–H and O–H groups in total. The Kier molecular flexibility index (Phi) is 8.31. The molecule has 1 unspecified atom stereocenters. The first kappa shape index (κ1) is 27.9. The van der Waals surface area contributed by atoms with Crippen molar-refractivity contribution < 1.29 is 28.7 Å². The van der Waals surface area contributed by atoms with Crippen molar-refractivity contribution >= 4 is 63.3 Å². The highest BCUT2D eigenvalue weighted by Crippen LogP contribution is 2.34. The van der Waals surface area contributed by atoms with Gasteiger partial charge in [-0.25, -0.2) is 14.7 Å². The van der Waals surface area contributed by atoms with Crippen LogP contribution in [0, 0.1) is 0 Å². The zero-order valence-electron chi connectivity index (χ0n) is 21.7. The van der Waals surface area contributed by atoms with Gasteiger partial charge in [-0.2, -0.15) is 0 Å². The highest BCUT2D eigenvalue weighted by atomic mass is 32.2. The van der Waals surface area contributed by atoms with Crippen LogP contribution in [-0.4, -0.2) is 47.6 Å². The first-order valence-corrected chi connectivity index (χ1v) is 14.1. The van der Waals surface area contributed by atoms with Gasteiger partial charge in [0.2, 0.25) is 11.8 Å². The van der Waals surface area contributed by atoms with E-state index in [9.17, 15) is 19.2 Å². The molecule has 3 aromatic carbocycles. The minimum absolute atomic E-state index is 0.0535. The van der Waals surface area contributed by atoms with Crippen LogP contribution in [0.2, 0.25) is 0 Å². The first-order chi connectivity index (χ1) is 19.8. The third kappa shape index (κ3) is 6.56. The molecular formula is C29H24N4O6S2. The maximum Gasteiger partial charge on any atom is 0.338 e. The van der Waals surface area contributed by atoms with Crippen LogP contribution < -0.4 is 20.7 Å². The lowest BCUT2D eigenvalue weighted by atomic mass is 10.2. The largest absolute Gasteiger partial charge is 0.497 e. The highest BCUT2D eigenvalue weighted by Gasteiger charge is 2.40. The predicted molar refractivity (Wildman–Crippen MR) is 157 cm³/mol. The van der Waals surface area contributed by atoms with Gasteiger partial charge in [0.25, 0.3) is 5.91 Å². The van der Waals surface area contributed by atoms with Crippen molar-refractivity contribution in [2.24, 2.45) is 0 Å². The smallest absolute Gasteiger partial charge is 0.338 e. The number of amides is 3. The molecule has 10 nitrogen and oxygen atoms in total. The zero-order chi connectivity index (χ0) is 28.9. The number of nitrogens with two attached hydrogens (primary N) is 1. The lowest BCUT2D eigenvalue weighted by Crippen LogP contribution is -2.31. The Morgan fingerprint density at radius 3 is 2.56 bits per heavy atom. The van der Waals surface area contributed by atoms with E-state index < -0.39 is 23.7 Å². The summed E-state index contributed by atoms with van der Waals surface area (Å²) in [7, 11) is 1.59. The van der Waals surface area contributed by atoms with Crippen LogP contribution >= 0.6 is 23.1 Å². The summed E-state index contributed by atoms with van der Waals surface area (Å²) < 4.78 is 10.3. The van der Waals surface area contributed by atoms with Gasteiger partial charge in [0.15, 0.2) is 11.7 Å². The molecule has 12 heteroatoms. The number of thiazole rings is 1. The Labute approximate surface area is 243 Å². The number of methoxy groups -OCH3 is 1. The lowest BCUT2D eigenvalue weighted by Gasteiger charge is -2.15. The number of esters is 1. The van der Waals surface area contributed by atoms with Crippen LogP contribution in [0.1, 0.15) is 16.8 Å². The Morgan fingerprint density at radius 1 is 1.10 bits per heavy atom. The Hall–Kier alpha value is -4.68. The van der Waals surface area contributed by atoms with Crippen LogP contribution in [0.5, 0.6) is 5.75 Å². The summed E-state index contributed by atoms with van der Waals surface area (Å²) in [5.74, 6) is -1.21. The number of hydrogen-bond donors (Lipinski definition) is 2. The maximum atomic E-state index is 13.0. The number of rotatable bonds is 9. The van der Waals surface area contributed by atoms with E-state index >= 15 is 0 Å². The van der Waals surface area contributed by atoms with Crippen molar-refractivity contribution in [3.63, 3.8) is 0 Å². The molecule has 1 fully saturated rings. The normalized spacial score (nSPS) is 14.7. The van der Waals surface area contributed by atoms with E-state index in [4.69, 9.17) is 15.2 Å². The Balaban J connectivity index is 1.13. The van der Waals surface area contributed by atoms with Gasteiger partial charge < -0.3 is 15.2 Å². The summed E-state index contributed by atoms with van der Waals surface area (Å²) in [6, 6.07) is 20.4. The molecule has 5 rings (SSSR count). The SMILES string of the molecule is COc1ccc(-c2csc(NC(=O)COC(=O)c3ccc(N4C(=O)CC(Sc5cccc(N)c5)C4=O)cc3)n2)cc1. The molecule has 1 aliphatic heterocycles.